The van der Waals surface area contributed by atoms with Crippen molar-refractivity contribution >= 4 is 9.84 Å². The van der Waals surface area contributed by atoms with Crippen LogP contribution < -0.4 is 0 Å². The molecule has 1 aromatic carbocycles. The van der Waals surface area contributed by atoms with E-state index < -0.39 is 9.84 Å². The molecule has 2 rings (SSSR count). The fraction of sp³-hybridized carbons (Fsp3) is 0.500. The Morgan fingerprint density at radius 2 is 1.88 bits per heavy atom. The van der Waals surface area contributed by atoms with Gasteiger partial charge >= 0.3 is 0 Å². The Bertz CT molecular complexity index is 442. The van der Waals surface area contributed by atoms with Crippen LogP contribution in [0.25, 0.3) is 0 Å². The molecule has 16 heavy (non-hydrogen) atoms. The van der Waals surface area contributed by atoms with Gasteiger partial charge in [-0.05, 0) is 37.0 Å². The Morgan fingerprint density at radius 1 is 1.19 bits per heavy atom. The van der Waals surface area contributed by atoms with Gasteiger partial charge in [-0.25, -0.2) is 8.42 Å². The van der Waals surface area contributed by atoms with Crippen LogP contribution in [0, 0.1) is 0 Å². The second-order valence-corrected chi connectivity index (χ2v) is 6.21. The fourth-order valence-corrected chi connectivity index (χ4v) is 2.56. The average molecular weight is 240 g/mol. The highest BCUT2D eigenvalue weighted by Crippen LogP contribution is 2.28. The monoisotopic (exact) mass is 240 g/mol. The molecule has 1 heterocycles. The first-order valence-electron chi connectivity index (χ1n) is 5.49. The smallest absolute Gasteiger partial charge is 0.175 e. The largest absolute Gasteiger partial charge is 0.374 e. The van der Waals surface area contributed by atoms with E-state index in [-0.39, 0.29) is 6.10 Å². The highest BCUT2D eigenvalue weighted by molar-refractivity contribution is 7.90. The van der Waals surface area contributed by atoms with Crippen molar-refractivity contribution in [1.82, 2.24) is 0 Å². The molecule has 0 amide bonds. The summed E-state index contributed by atoms with van der Waals surface area (Å²) >= 11 is 0. The summed E-state index contributed by atoms with van der Waals surface area (Å²) in [5, 5.41) is 0. The normalized spacial score (nSPS) is 21.9. The molecule has 0 unspecified atom stereocenters. The lowest BCUT2D eigenvalue weighted by Gasteiger charge is -2.22. The van der Waals surface area contributed by atoms with E-state index in [1.54, 1.807) is 12.1 Å². The van der Waals surface area contributed by atoms with E-state index in [9.17, 15) is 8.42 Å². The van der Waals surface area contributed by atoms with E-state index in [1.807, 2.05) is 12.1 Å². The minimum Gasteiger partial charge on any atom is -0.374 e. The zero-order chi connectivity index (χ0) is 11.6. The van der Waals surface area contributed by atoms with Gasteiger partial charge in [0, 0.05) is 12.9 Å². The highest BCUT2D eigenvalue weighted by atomic mass is 32.2. The Morgan fingerprint density at radius 3 is 2.38 bits per heavy atom. The van der Waals surface area contributed by atoms with Crippen molar-refractivity contribution in [1.29, 1.82) is 0 Å². The Balaban J connectivity index is 2.18. The summed E-state index contributed by atoms with van der Waals surface area (Å²) in [6.07, 6.45) is 4.69. The van der Waals surface area contributed by atoms with Gasteiger partial charge in [-0.1, -0.05) is 12.1 Å². The molecule has 1 aliphatic rings. The first kappa shape index (κ1) is 11.6. The van der Waals surface area contributed by atoms with Crippen LogP contribution in [0.4, 0.5) is 0 Å². The number of hydrogen-bond acceptors (Lipinski definition) is 3. The summed E-state index contributed by atoms with van der Waals surface area (Å²) in [6.45, 7) is 0.804. The minimum absolute atomic E-state index is 0.141. The van der Waals surface area contributed by atoms with Crippen molar-refractivity contribution in [2.75, 3.05) is 12.9 Å². The minimum atomic E-state index is -3.09. The molecule has 0 spiro atoms. The zero-order valence-corrected chi connectivity index (χ0v) is 10.2. The topological polar surface area (TPSA) is 43.4 Å². The molecular weight excluding hydrogens is 224 g/mol. The molecule has 0 radical (unpaired) electrons. The van der Waals surface area contributed by atoms with Crippen LogP contribution in [0.3, 0.4) is 0 Å². The van der Waals surface area contributed by atoms with Gasteiger partial charge in [0.25, 0.3) is 0 Å². The number of rotatable bonds is 2. The Kier molecular flexibility index (Phi) is 3.30. The summed E-state index contributed by atoms with van der Waals surface area (Å²) in [6, 6.07) is 7.02. The van der Waals surface area contributed by atoms with Gasteiger partial charge in [-0.3, -0.25) is 0 Å². The van der Waals surface area contributed by atoms with E-state index >= 15 is 0 Å². The van der Waals surface area contributed by atoms with Gasteiger partial charge in [0.2, 0.25) is 0 Å². The van der Waals surface area contributed by atoms with E-state index in [1.165, 1.54) is 12.7 Å². The maximum atomic E-state index is 11.3. The van der Waals surface area contributed by atoms with Gasteiger partial charge in [0.1, 0.15) is 0 Å². The van der Waals surface area contributed by atoms with Gasteiger partial charge in [0.05, 0.1) is 11.0 Å². The third kappa shape index (κ3) is 2.62. The van der Waals surface area contributed by atoms with E-state index in [2.05, 4.69) is 0 Å². The molecular formula is C12H16O3S. The van der Waals surface area contributed by atoms with Crippen LogP contribution in [0.5, 0.6) is 0 Å². The summed E-state index contributed by atoms with van der Waals surface area (Å²) in [4.78, 5) is 0.368. The summed E-state index contributed by atoms with van der Waals surface area (Å²) in [5.41, 5.74) is 1.08. The number of ether oxygens (including phenoxy) is 1. The Labute approximate surface area is 96.4 Å². The molecule has 3 nitrogen and oxygen atoms in total. The molecule has 0 aliphatic carbocycles. The molecule has 0 saturated carbocycles. The van der Waals surface area contributed by atoms with Crippen molar-refractivity contribution in [2.24, 2.45) is 0 Å². The molecule has 0 aromatic heterocycles. The lowest BCUT2D eigenvalue weighted by molar-refractivity contribution is 0.0149. The standard InChI is InChI=1S/C12H16O3S/c1-16(13,14)11-7-5-10(6-8-11)12-4-2-3-9-15-12/h5-8,12H,2-4,9H2,1H3/t12-/m0/s1. The average Bonchev–Trinajstić information content (AvgIpc) is 2.29. The third-order valence-electron chi connectivity index (χ3n) is 2.86. The van der Waals surface area contributed by atoms with Crippen LogP contribution in [0.1, 0.15) is 30.9 Å². The number of sulfone groups is 1. The maximum absolute atomic E-state index is 11.3. The van der Waals surface area contributed by atoms with Crippen LogP contribution in [-0.2, 0) is 14.6 Å². The first-order valence-corrected chi connectivity index (χ1v) is 7.38. The molecule has 1 atom stereocenters. The second kappa shape index (κ2) is 4.55. The van der Waals surface area contributed by atoms with Crippen molar-refractivity contribution in [3.05, 3.63) is 29.8 Å². The quantitative estimate of drug-likeness (QED) is 0.797. The van der Waals surface area contributed by atoms with Crippen LogP contribution in [0.15, 0.2) is 29.2 Å². The first-order chi connectivity index (χ1) is 7.57. The highest BCUT2D eigenvalue weighted by Gasteiger charge is 2.16. The predicted octanol–water partition coefficient (Wildman–Crippen LogP) is 2.33. The van der Waals surface area contributed by atoms with E-state index in [0.29, 0.717) is 4.90 Å². The van der Waals surface area contributed by atoms with E-state index in [4.69, 9.17) is 4.74 Å². The Hall–Kier alpha value is -0.870. The third-order valence-corrected chi connectivity index (χ3v) is 3.99. The maximum Gasteiger partial charge on any atom is 0.175 e. The van der Waals surface area contributed by atoms with Crippen molar-refractivity contribution in [2.45, 2.75) is 30.3 Å². The molecule has 88 valence electrons. The van der Waals surface area contributed by atoms with Crippen LogP contribution in [-0.4, -0.2) is 21.3 Å². The molecule has 0 N–H and O–H groups in total. The number of hydrogen-bond donors (Lipinski definition) is 0. The molecule has 1 aromatic rings. The molecule has 1 aliphatic heterocycles. The molecule has 1 saturated heterocycles. The summed E-state index contributed by atoms with van der Waals surface area (Å²) in [5.74, 6) is 0. The van der Waals surface area contributed by atoms with Crippen LogP contribution >= 0.6 is 0 Å². The van der Waals surface area contributed by atoms with Gasteiger partial charge in [-0.15, -0.1) is 0 Å². The van der Waals surface area contributed by atoms with Crippen LogP contribution in [0.2, 0.25) is 0 Å². The number of benzene rings is 1. The van der Waals surface area contributed by atoms with Crippen molar-refractivity contribution in [3.8, 4) is 0 Å². The molecule has 0 bridgehead atoms. The van der Waals surface area contributed by atoms with Crippen molar-refractivity contribution in [3.63, 3.8) is 0 Å². The van der Waals surface area contributed by atoms with E-state index in [0.717, 1.165) is 25.0 Å². The lowest BCUT2D eigenvalue weighted by atomic mass is 10.0. The second-order valence-electron chi connectivity index (χ2n) is 4.20. The predicted molar refractivity (Wildman–Crippen MR) is 62.1 cm³/mol. The molecule has 1 fully saturated rings. The summed E-state index contributed by atoms with van der Waals surface area (Å²) < 4.78 is 28.2. The molecule has 4 heteroatoms. The lowest BCUT2D eigenvalue weighted by Crippen LogP contribution is -2.11. The van der Waals surface area contributed by atoms with Crippen molar-refractivity contribution < 1.29 is 13.2 Å². The van der Waals surface area contributed by atoms with Gasteiger partial charge in [0.15, 0.2) is 9.84 Å². The van der Waals surface area contributed by atoms with Gasteiger partial charge in [-0.2, -0.15) is 0 Å². The fourth-order valence-electron chi connectivity index (χ4n) is 1.93. The van der Waals surface area contributed by atoms with Gasteiger partial charge < -0.3 is 4.74 Å². The zero-order valence-electron chi connectivity index (χ0n) is 9.35. The SMILES string of the molecule is CS(=O)(=O)c1ccc([C@@H]2CCCCO2)cc1. The summed E-state index contributed by atoms with van der Waals surface area (Å²) in [7, 11) is -3.09.